The lowest BCUT2D eigenvalue weighted by atomic mass is 10.3. The first-order valence-electron chi connectivity index (χ1n) is 7.69. The van der Waals surface area contributed by atoms with E-state index in [1.807, 2.05) is 20.2 Å². The van der Waals surface area contributed by atoms with Crippen LogP contribution in [0.3, 0.4) is 0 Å². The summed E-state index contributed by atoms with van der Waals surface area (Å²) in [5, 5.41) is 6.62. The molecule has 1 saturated heterocycles. The molecule has 128 valence electrons. The largest absolute Gasteiger partial charge is 0.361 e. The van der Waals surface area contributed by atoms with E-state index in [9.17, 15) is 8.42 Å². The van der Waals surface area contributed by atoms with Gasteiger partial charge in [0.15, 0.2) is 5.11 Å². The first-order valence-corrected chi connectivity index (χ1v) is 9.54. The third-order valence-corrected chi connectivity index (χ3v) is 5.78. The normalized spacial score (nSPS) is 15.8. The lowest BCUT2D eigenvalue weighted by molar-refractivity contribution is 0.413. The van der Waals surface area contributed by atoms with Gasteiger partial charge in [-0.25, -0.2) is 8.42 Å². The van der Waals surface area contributed by atoms with Gasteiger partial charge in [0.25, 0.3) is 0 Å². The minimum atomic E-state index is -3.40. The maximum absolute atomic E-state index is 12.6. The summed E-state index contributed by atoms with van der Waals surface area (Å²) >= 11 is 5.23. The summed E-state index contributed by atoms with van der Waals surface area (Å²) in [5.74, 6) is 0. The number of benzene rings is 1. The summed E-state index contributed by atoms with van der Waals surface area (Å²) < 4.78 is 26.7. The SMILES string of the molecule is CN(C)CCNC(=S)Nc1cccc(S(=O)(=O)N2CCCC2)c1. The van der Waals surface area contributed by atoms with E-state index in [1.165, 1.54) is 0 Å². The fourth-order valence-electron chi connectivity index (χ4n) is 2.38. The molecule has 23 heavy (non-hydrogen) atoms. The fourth-order valence-corrected chi connectivity index (χ4v) is 4.16. The number of nitrogens with zero attached hydrogens (tertiary/aromatic N) is 2. The van der Waals surface area contributed by atoms with Crippen molar-refractivity contribution in [3.8, 4) is 0 Å². The number of nitrogens with one attached hydrogen (secondary N) is 2. The molecular formula is C15H24N4O2S2. The molecule has 1 aliphatic rings. The van der Waals surface area contributed by atoms with E-state index in [4.69, 9.17) is 12.2 Å². The van der Waals surface area contributed by atoms with Gasteiger partial charge in [0.05, 0.1) is 4.90 Å². The first-order chi connectivity index (χ1) is 10.9. The van der Waals surface area contributed by atoms with Gasteiger partial charge < -0.3 is 15.5 Å². The predicted octanol–water partition coefficient (Wildman–Crippen LogP) is 1.32. The second-order valence-corrected chi connectivity index (χ2v) is 8.17. The summed E-state index contributed by atoms with van der Waals surface area (Å²) in [6.07, 6.45) is 1.86. The highest BCUT2D eigenvalue weighted by molar-refractivity contribution is 7.89. The molecule has 2 N–H and O–H groups in total. The van der Waals surface area contributed by atoms with Crippen molar-refractivity contribution in [1.82, 2.24) is 14.5 Å². The molecule has 6 nitrogen and oxygen atoms in total. The van der Waals surface area contributed by atoms with Crippen molar-refractivity contribution in [2.45, 2.75) is 17.7 Å². The Morgan fingerprint density at radius 1 is 1.30 bits per heavy atom. The lowest BCUT2D eigenvalue weighted by Gasteiger charge is -2.17. The molecule has 1 fully saturated rings. The van der Waals surface area contributed by atoms with Crippen molar-refractivity contribution >= 4 is 33.0 Å². The zero-order valence-electron chi connectivity index (χ0n) is 13.6. The van der Waals surface area contributed by atoms with Crippen molar-refractivity contribution in [2.75, 3.05) is 45.6 Å². The Morgan fingerprint density at radius 2 is 2.00 bits per heavy atom. The van der Waals surface area contributed by atoms with Gasteiger partial charge in [0.2, 0.25) is 10.0 Å². The molecule has 2 rings (SSSR count). The molecular weight excluding hydrogens is 332 g/mol. The minimum absolute atomic E-state index is 0.306. The van der Waals surface area contributed by atoms with Crippen LogP contribution >= 0.6 is 12.2 Å². The van der Waals surface area contributed by atoms with Crippen LogP contribution in [-0.2, 0) is 10.0 Å². The van der Waals surface area contributed by atoms with Gasteiger partial charge >= 0.3 is 0 Å². The number of anilines is 1. The van der Waals surface area contributed by atoms with E-state index < -0.39 is 10.0 Å². The number of thiocarbonyl (C=S) groups is 1. The third-order valence-electron chi connectivity index (χ3n) is 3.64. The summed E-state index contributed by atoms with van der Waals surface area (Å²) in [5.41, 5.74) is 0.674. The Hall–Kier alpha value is -1.22. The topological polar surface area (TPSA) is 64.7 Å². The van der Waals surface area contributed by atoms with Gasteiger partial charge in [-0.1, -0.05) is 6.07 Å². The Labute approximate surface area is 143 Å². The predicted molar refractivity (Wildman–Crippen MR) is 97.2 cm³/mol. The highest BCUT2D eigenvalue weighted by Gasteiger charge is 2.27. The van der Waals surface area contributed by atoms with Crippen LogP contribution in [0.5, 0.6) is 0 Å². The van der Waals surface area contributed by atoms with Gasteiger partial charge in [0, 0.05) is 31.9 Å². The van der Waals surface area contributed by atoms with Crippen LogP contribution in [0.4, 0.5) is 5.69 Å². The highest BCUT2D eigenvalue weighted by atomic mass is 32.2. The maximum atomic E-state index is 12.6. The summed E-state index contributed by atoms with van der Waals surface area (Å²) in [7, 11) is 0.580. The van der Waals surface area contributed by atoms with Gasteiger partial charge in [-0.15, -0.1) is 0 Å². The van der Waals surface area contributed by atoms with Crippen molar-refractivity contribution < 1.29 is 8.42 Å². The number of hydrogen-bond acceptors (Lipinski definition) is 4. The fraction of sp³-hybridized carbons (Fsp3) is 0.533. The Balaban J connectivity index is 2.01. The van der Waals surface area contributed by atoms with E-state index in [1.54, 1.807) is 22.5 Å². The molecule has 1 aromatic carbocycles. The standard InChI is InChI=1S/C15H24N4O2S2/c1-18(2)11-8-16-15(22)17-13-6-5-7-14(12-13)23(20,21)19-9-3-4-10-19/h5-7,12H,3-4,8-11H2,1-2H3,(H2,16,17,22). The van der Waals surface area contributed by atoms with Gasteiger partial charge in [0.1, 0.15) is 0 Å². The zero-order chi connectivity index (χ0) is 16.9. The van der Waals surface area contributed by atoms with Crippen LogP contribution in [0.2, 0.25) is 0 Å². The van der Waals surface area contributed by atoms with Crippen LogP contribution in [0.25, 0.3) is 0 Å². The van der Waals surface area contributed by atoms with Gasteiger partial charge in [-0.3, -0.25) is 0 Å². The molecule has 0 aromatic heterocycles. The van der Waals surface area contributed by atoms with E-state index in [0.717, 1.165) is 25.9 Å². The van der Waals surface area contributed by atoms with Crippen molar-refractivity contribution in [3.05, 3.63) is 24.3 Å². The van der Waals surface area contributed by atoms with Crippen LogP contribution in [0.1, 0.15) is 12.8 Å². The average Bonchev–Trinajstić information content (AvgIpc) is 3.02. The Kier molecular flexibility index (Phi) is 6.34. The molecule has 0 atom stereocenters. The minimum Gasteiger partial charge on any atom is -0.361 e. The van der Waals surface area contributed by atoms with Crippen molar-refractivity contribution in [2.24, 2.45) is 0 Å². The second-order valence-electron chi connectivity index (χ2n) is 5.82. The molecule has 0 saturated carbocycles. The molecule has 0 amide bonds. The molecule has 8 heteroatoms. The zero-order valence-corrected chi connectivity index (χ0v) is 15.2. The summed E-state index contributed by atoms with van der Waals surface area (Å²) in [4.78, 5) is 2.36. The molecule has 0 unspecified atom stereocenters. The lowest BCUT2D eigenvalue weighted by Crippen LogP contribution is -2.34. The number of likely N-dealkylation sites (N-methyl/N-ethyl adjacent to an activating group) is 1. The van der Waals surface area contributed by atoms with E-state index in [0.29, 0.717) is 28.8 Å². The molecule has 0 aliphatic carbocycles. The molecule has 0 bridgehead atoms. The number of sulfonamides is 1. The molecule has 1 aliphatic heterocycles. The summed E-state index contributed by atoms with van der Waals surface area (Å²) in [6, 6.07) is 6.80. The molecule has 0 spiro atoms. The monoisotopic (exact) mass is 356 g/mol. The van der Waals surface area contributed by atoms with Crippen LogP contribution in [0.15, 0.2) is 29.2 Å². The van der Waals surface area contributed by atoms with Crippen LogP contribution in [-0.4, -0.2) is 63.0 Å². The molecule has 1 aromatic rings. The van der Waals surface area contributed by atoms with Crippen molar-refractivity contribution in [3.63, 3.8) is 0 Å². The Bertz CT molecular complexity index is 641. The van der Waals surface area contributed by atoms with E-state index in [2.05, 4.69) is 15.5 Å². The van der Waals surface area contributed by atoms with E-state index >= 15 is 0 Å². The number of hydrogen-bond donors (Lipinski definition) is 2. The molecule has 0 radical (unpaired) electrons. The van der Waals surface area contributed by atoms with Gasteiger partial charge in [-0.05, 0) is 57.4 Å². The first kappa shape index (κ1) is 18.1. The van der Waals surface area contributed by atoms with Crippen molar-refractivity contribution in [1.29, 1.82) is 0 Å². The maximum Gasteiger partial charge on any atom is 0.243 e. The third kappa shape index (κ3) is 5.13. The summed E-state index contributed by atoms with van der Waals surface area (Å²) in [6.45, 7) is 2.80. The Morgan fingerprint density at radius 3 is 2.65 bits per heavy atom. The van der Waals surface area contributed by atoms with Gasteiger partial charge in [-0.2, -0.15) is 4.31 Å². The number of rotatable bonds is 6. The average molecular weight is 357 g/mol. The highest BCUT2D eigenvalue weighted by Crippen LogP contribution is 2.23. The second kappa shape index (κ2) is 8.05. The quantitative estimate of drug-likeness (QED) is 0.750. The van der Waals surface area contributed by atoms with Crippen LogP contribution < -0.4 is 10.6 Å². The van der Waals surface area contributed by atoms with Crippen LogP contribution in [0, 0.1) is 0 Å². The van der Waals surface area contributed by atoms with E-state index in [-0.39, 0.29) is 0 Å². The molecule has 1 heterocycles. The smallest absolute Gasteiger partial charge is 0.243 e.